The molecule has 33 heavy (non-hydrogen) atoms. The van der Waals surface area contributed by atoms with E-state index in [9.17, 15) is 9.90 Å². The van der Waals surface area contributed by atoms with Crippen molar-refractivity contribution in [3.05, 3.63) is 64.8 Å². The maximum Gasteiger partial charge on any atom is 0.335 e. The molecule has 2 atom stereocenters. The van der Waals surface area contributed by atoms with Crippen molar-refractivity contribution in [2.75, 3.05) is 26.9 Å². The fourth-order valence-corrected chi connectivity index (χ4v) is 5.20. The van der Waals surface area contributed by atoms with Gasteiger partial charge >= 0.3 is 5.97 Å². The van der Waals surface area contributed by atoms with Gasteiger partial charge in [-0.1, -0.05) is 12.1 Å². The number of H-pyrrole nitrogens is 1. The second-order valence-corrected chi connectivity index (χ2v) is 9.18. The van der Waals surface area contributed by atoms with Gasteiger partial charge in [0.25, 0.3) is 0 Å². The van der Waals surface area contributed by atoms with E-state index in [2.05, 4.69) is 34.3 Å². The fraction of sp³-hybridized carbons (Fsp3) is 0.423. The predicted octanol–water partition coefficient (Wildman–Crippen LogP) is 3.88. The number of fused-ring (bicyclic) bond motifs is 1. The zero-order valence-electron chi connectivity index (χ0n) is 19.1. The molecule has 3 N–H and O–H groups in total. The zero-order valence-corrected chi connectivity index (χ0v) is 19.1. The summed E-state index contributed by atoms with van der Waals surface area (Å²) in [5.41, 5.74) is 4.96. The number of aromatic nitrogens is 1. The van der Waals surface area contributed by atoms with Crippen molar-refractivity contribution >= 4 is 16.9 Å². The van der Waals surface area contributed by atoms with E-state index in [0.29, 0.717) is 17.6 Å². The molecule has 2 fully saturated rings. The van der Waals surface area contributed by atoms with Crippen molar-refractivity contribution in [3.63, 3.8) is 0 Å². The standard InChI is InChI=1S/C26H31N3O4/c1-16-11-24(32-2)22(21-7-9-27-25(16)21)13-29-10-8-19(28-20-14-33-15-20)12-23(29)17-3-5-18(6-4-17)26(30)31/h3-7,9,11,19-20,23,27-28H,8,10,12-15H2,1-2H3,(H,30,31). The molecule has 1 aromatic heterocycles. The number of rotatable bonds is 7. The minimum atomic E-state index is -0.897. The van der Waals surface area contributed by atoms with Gasteiger partial charge < -0.3 is 24.9 Å². The number of nitrogens with zero attached hydrogens (tertiary/aromatic N) is 1. The molecule has 0 aliphatic carbocycles. The average Bonchev–Trinajstić information content (AvgIpc) is 3.29. The molecule has 2 unspecified atom stereocenters. The van der Waals surface area contributed by atoms with E-state index in [1.807, 2.05) is 18.3 Å². The number of carboxylic acid groups (broad SMARTS) is 1. The van der Waals surface area contributed by atoms with Gasteiger partial charge in [0, 0.05) is 47.8 Å². The lowest BCUT2D eigenvalue weighted by Gasteiger charge is -2.42. The van der Waals surface area contributed by atoms with Crippen molar-refractivity contribution in [1.29, 1.82) is 0 Å². The Morgan fingerprint density at radius 3 is 2.70 bits per heavy atom. The van der Waals surface area contributed by atoms with E-state index in [4.69, 9.17) is 9.47 Å². The number of hydrogen-bond donors (Lipinski definition) is 3. The van der Waals surface area contributed by atoms with Gasteiger partial charge in [0.1, 0.15) is 5.75 Å². The Hall–Kier alpha value is -2.87. The van der Waals surface area contributed by atoms with Crippen LogP contribution in [0.25, 0.3) is 10.9 Å². The number of carbonyl (C=O) groups is 1. The van der Waals surface area contributed by atoms with Crippen LogP contribution in [0, 0.1) is 6.92 Å². The minimum Gasteiger partial charge on any atom is -0.496 e. The van der Waals surface area contributed by atoms with E-state index in [1.165, 1.54) is 16.5 Å². The van der Waals surface area contributed by atoms with Gasteiger partial charge in [0.2, 0.25) is 0 Å². The van der Waals surface area contributed by atoms with Crippen molar-refractivity contribution < 1.29 is 19.4 Å². The van der Waals surface area contributed by atoms with Gasteiger partial charge in [0.15, 0.2) is 0 Å². The molecule has 0 amide bonds. The molecule has 7 nitrogen and oxygen atoms in total. The Morgan fingerprint density at radius 2 is 2.03 bits per heavy atom. The van der Waals surface area contributed by atoms with Crippen molar-refractivity contribution in [2.45, 2.75) is 44.4 Å². The summed E-state index contributed by atoms with van der Waals surface area (Å²) in [5.74, 6) is 0.0114. The number of benzene rings is 2. The van der Waals surface area contributed by atoms with Crippen molar-refractivity contribution in [3.8, 4) is 5.75 Å². The Bertz CT molecular complexity index is 1140. The van der Waals surface area contributed by atoms with Gasteiger partial charge in [-0.25, -0.2) is 4.79 Å². The number of hydrogen-bond acceptors (Lipinski definition) is 5. The van der Waals surface area contributed by atoms with E-state index < -0.39 is 5.97 Å². The average molecular weight is 450 g/mol. The summed E-state index contributed by atoms with van der Waals surface area (Å²) >= 11 is 0. The van der Waals surface area contributed by atoms with E-state index >= 15 is 0 Å². The predicted molar refractivity (Wildman–Crippen MR) is 127 cm³/mol. The number of ether oxygens (including phenoxy) is 2. The third-order valence-electron chi connectivity index (χ3n) is 7.06. The Kier molecular flexibility index (Phi) is 6.10. The molecule has 2 aliphatic rings. The van der Waals surface area contributed by atoms with Crippen LogP contribution in [0.1, 0.15) is 45.9 Å². The largest absolute Gasteiger partial charge is 0.496 e. The normalized spacial score (nSPS) is 21.8. The second kappa shape index (κ2) is 9.17. The van der Waals surface area contributed by atoms with E-state index in [-0.39, 0.29) is 6.04 Å². The SMILES string of the molecule is COc1cc(C)c2[nH]ccc2c1CN1CCC(NC2COC2)CC1c1ccc(C(=O)O)cc1. The Morgan fingerprint density at radius 1 is 1.24 bits per heavy atom. The molecular weight excluding hydrogens is 418 g/mol. The highest BCUT2D eigenvalue weighted by Gasteiger charge is 2.33. The fourth-order valence-electron chi connectivity index (χ4n) is 5.20. The highest BCUT2D eigenvalue weighted by atomic mass is 16.5. The molecule has 0 spiro atoms. The van der Waals surface area contributed by atoms with Gasteiger partial charge in [-0.15, -0.1) is 0 Å². The van der Waals surface area contributed by atoms with Crippen LogP contribution in [0.5, 0.6) is 5.75 Å². The summed E-state index contributed by atoms with van der Waals surface area (Å²) in [6, 6.07) is 12.6. The molecule has 5 rings (SSSR count). The molecule has 3 aromatic rings. The quantitative estimate of drug-likeness (QED) is 0.508. The van der Waals surface area contributed by atoms with Gasteiger partial charge in [-0.2, -0.15) is 0 Å². The molecular formula is C26H31N3O4. The molecule has 2 aliphatic heterocycles. The first-order valence-electron chi connectivity index (χ1n) is 11.6. The van der Waals surface area contributed by atoms with Crippen molar-refractivity contribution in [1.82, 2.24) is 15.2 Å². The third kappa shape index (κ3) is 4.36. The van der Waals surface area contributed by atoms with Gasteiger partial charge in [0.05, 0.1) is 31.9 Å². The lowest BCUT2D eigenvalue weighted by molar-refractivity contribution is -0.0168. The maximum absolute atomic E-state index is 11.4. The first kappa shape index (κ1) is 21.9. The lowest BCUT2D eigenvalue weighted by Crippen LogP contribution is -2.53. The van der Waals surface area contributed by atoms with Crippen LogP contribution >= 0.6 is 0 Å². The number of nitrogens with one attached hydrogen (secondary N) is 2. The van der Waals surface area contributed by atoms with Crippen LogP contribution in [-0.2, 0) is 11.3 Å². The Balaban J connectivity index is 1.46. The zero-order chi connectivity index (χ0) is 22.9. The Labute approximate surface area is 193 Å². The highest BCUT2D eigenvalue weighted by Crippen LogP contribution is 2.37. The molecule has 174 valence electrons. The van der Waals surface area contributed by atoms with E-state index in [0.717, 1.165) is 56.0 Å². The van der Waals surface area contributed by atoms with Crippen LogP contribution in [-0.4, -0.2) is 59.9 Å². The molecule has 2 saturated heterocycles. The summed E-state index contributed by atoms with van der Waals surface area (Å²) < 4.78 is 11.1. The van der Waals surface area contributed by atoms with Crippen LogP contribution in [0.3, 0.4) is 0 Å². The summed E-state index contributed by atoms with van der Waals surface area (Å²) in [6.45, 7) is 5.37. The van der Waals surface area contributed by atoms with Crippen molar-refractivity contribution in [2.24, 2.45) is 0 Å². The van der Waals surface area contributed by atoms with Gasteiger partial charge in [-0.05, 0) is 55.2 Å². The van der Waals surface area contributed by atoms with Crippen LogP contribution in [0.15, 0.2) is 42.6 Å². The number of piperidine rings is 1. The third-order valence-corrected chi connectivity index (χ3v) is 7.06. The molecule has 0 saturated carbocycles. The monoisotopic (exact) mass is 449 g/mol. The number of aromatic carboxylic acids is 1. The summed E-state index contributed by atoms with van der Waals surface area (Å²) in [7, 11) is 1.73. The smallest absolute Gasteiger partial charge is 0.335 e. The van der Waals surface area contributed by atoms with Gasteiger partial charge in [-0.3, -0.25) is 4.90 Å². The summed E-state index contributed by atoms with van der Waals surface area (Å²) in [6.07, 6.45) is 4.01. The maximum atomic E-state index is 11.4. The number of carboxylic acids is 1. The summed E-state index contributed by atoms with van der Waals surface area (Å²) in [5, 5.41) is 14.3. The molecule has 7 heteroatoms. The van der Waals surface area contributed by atoms with Crippen LogP contribution in [0.4, 0.5) is 0 Å². The number of aromatic amines is 1. The highest BCUT2D eigenvalue weighted by molar-refractivity contribution is 5.88. The topological polar surface area (TPSA) is 86.8 Å². The first-order chi connectivity index (χ1) is 16.0. The minimum absolute atomic E-state index is 0.181. The first-order valence-corrected chi connectivity index (χ1v) is 11.6. The molecule has 0 bridgehead atoms. The molecule has 0 radical (unpaired) electrons. The number of likely N-dealkylation sites (tertiary alicyclic amines) is 1. The second-order valence-electron chi connectivity index (χ2n) is 9.18. The number of methoxy groups -OCH3 is 1. The molecule has 3 heterocycles. The number of aryl methyl sites for hydroxylation is 1. The van der Waals surface area contributed by atoms with E-state index in [1.54, 1.807) is 19.2 Å². The lowest BCUT2D eigenvalue weighted by atomic mass is 9.90. The van der Waals surface area contributed by atoms with Crippen LogP contribution in [0.2, 0.25) is 0 Å². The van der Waals surface area contributed by atoms with Crippen LogP contribution < -0.4 is 10.1 Å². The molecule has 2 aromatic carbocycles. The summed E-state index contributed by atoms with van der Waals surface area (Å²) in [4.78, 5) is 17.2.